The Kier molecular flexibility index (Phi) is 5.20. The number of esters is 1. The van der Waals surface area contributed by atoms with Crippen LogP contribution < -0.4 is 0 Å². The van der Waals surface area contributed by atoms with Crippen LogP contribution in [0.25, 0.3) is 0 Å². The molecule has 1 fully saturated rings. The standard InChI is InChI=1S/C15H23NO4/c1-6-9(2)16-8-10-11(17)7-15(3,4)12(13(10)18)14(19)20-5/h8-10,12H,6-7H2,1-5H3/t9-,10?,12-/m1/s1. The molecule has 1 rings (SSSR count). The van der Waals surface area contributed by atoms with Crippen LogP contribution in [0.1, 0.15) is 40.5 Å². The number of carbonyl (C=O) groups excluding carboxylic acids is 3. The van der Waals surface area contributed by atoms with E-state index >= 15 is 0 Å². The molecule has 0 heterocycles. The maximum Gasteiger partial charge on any atom is 0.316 e. The maximum absolute atomic E-state index is 12.4. The zero-order valence-corrected chi connectivity index (χ0v) is 12.8. The van der Waals surface area contributed by atoms with E-state index in [9.17, 15) is 14.4 Å². The smallest absolute Gasteiger partial charge is 0.316 e. The summed E-state index contributed by atoms with van der Waals surface area (Å²) < 4.78 is 4.71. The van der Waals surface area contributed by atoms with Crippen molar-refractivity contribution < 1.29 is 19.1 Å². The van der Waals surface area contributed by atoms with Gasteiger partial charge in [0.2, 0.25) is 0 Å². The normalized spacial score (nSPS) is 27.6. The summed E-state index contributed by atoms with van der Waals surface area (Å²) in [5.41, 5.74) is -0.706. The molecule has 0 amide bonds. The van der Waals surface area contributed by atoms with Crippen molar-refractivity contribution >= 4 is 23.8 Å². The van der Waals surface area contributed by atoms with Crippen molar-refractivity contribution in [2.45, 2.75) is 46.6 Å². The van der Waals surface area contributed by atoms with Crippen molar-refractivity contribution in [3.8, 4) is 0 Å². The highest BCUT2D eigenvalue weighted by molar-refractivity contribution is 6.21. The van der Waals surface area contributed by atoms with Gasteiger partial charge in [0.15, 0.2) is 5.78 Å². The van der Waals surface area contributed by atoms with Crippen LogP contribution in [0, 0.1) is 17.3 Å². The first-order chi connectivity index (χ1) is 9.24. The van der Waals surface area contributed by atoms with Crippen LogP contribution in [-0.4, -0.2) is 36.9 Å². The Balaban J connectivity index is 3.05. The summed E-state index contributed by atoms with van der Waals surface area (Å²) in [5, 5.41) is 0. The fourth-order valence-corrected chi connectivity index (χ4v) is 2.43. The molecule has 0 spiro atoms. The molecule has 1 aliphatic rings. The summed E-state index contributed by atoms with van der Waals surface area (Å²) in [4.78, 5) is 40.6. The first-order valence-electron chi connectivity index (χ1n) is 6.92. The van der Waals surface area contributed by atoms with Crippen LogP contribution in [-0.2, 0) is 19.1 Å². The molecule has 0 radical (unpaired) electrons. The van der Waals surface area contributed by atoms with Gasteiger partial charge < -0.3 is 4.74 Å². The largest absolute Gasteiger partial charge is 0.468 e. The second-order valence-electron chi connectivity index (χ2n) is 6.02. The van der Waals surface area contributed by atoms with Gasteiger partial charge in [0, 0.05) is 18.7 Å². The number of carbonyl (C=O) groups is 3. The molecule has 20 heavy (non-hydrogen) atoms. The number of aliphatic imine (C=N–C) groups is 1. The molecule has 0 bridgehead atoms. The predicted octanol–water partition coefficient (Wildman–Crippen LogP) is 1.83. The summed E-state index contributed by atoms with van der Waals surface area (Å²) in [7, 11) is 1.25. The first-order valence-corrected chi connectivity index (χ1v) is 6.92. The van der Waals surface area contributed by atoms with E-state index in [4.69, 9.17) is 4.74 Å². The summed E-state index contributed by atoms with van der Waals surface area (Å²) in [6.07, 6.45) is 2.41. The van der Waals surface area contributed by atoms with Crippen molar-refractivity contribution in [1.29, 1.82) is 0 Å². The molecular formula is C15H23NO4. The minimum Gasteiger partial charge on any atom is -0.468 e. The van der Waals surface area contributed by atoms with Gasteiger partial charge >= 0.3 is 5.97 Å². The van der Waals surface area contributed by atoms with Crippen LogP contribution in [0.4, 0.5) is 0 Å². The average Bonchev–Trinajstić information content (AvgIpc) is 2.36. The molecule has 3 atom stereocenters. The molecule has 0 aromatic heterocycles. The van der Waals surface area contributed by atoms with E-state index in [1.807, 2.05) is 13.8 Å². The summed E-state index contributed by atoms with van der Waals surface area (Å²) in [6.45, 7) is 7.38. The highest BCUT2D eigenvalue weighted by atomic mass is 16.5. The molecular weight excluding hydrogens is 258 g/mol. The Morgan fingerprint density at radius 2 is 2.10 bits per heavy atom. The first kappa shape index (κ1) is 16.5. The second-order valence-corrected chi connectivity index (χ2v) is 6.02. The molecule has 1 saturated carbocycles. The summed E-state index contributed by atoms with van der Waals surface area (Å²) in [6, 6.07) is 0.0575. The molecule has 5 heteroatoms. The number of hydrogen-bond acceptors (Lipinski definition) is 5. The quantitative estimate of drug-likeness (QED) is 0.447. The number of ketones is 2. The summed E-state index contributed by atoms with van der Waals surface area (Å²) in [5.74, 6) is -2.97. The lowest BCUT2D eigenvalue weighted by atomic mass is 9.64. The molecule has 1 aliphatic carbocycles. The Hall–Kier alpha value is -1.52. The van der Waals surface area contributed by atoms with Crippen molar-refractivity contribution in [1.82, 2.24) is 0 Å². The predicted molar refractivity (Wildman–Crippen MR) is 75.7 cm³/mol. The molecule has 112 valence electrons. The van der Waals surface area contributed by atoms with Crippen LogP contribution in [0.15, 0.2) is 4.99 Å². The fraction of sp³-hybridized carbons (Fsp3) is 0.733. The Labute approximate surface area is 119 Å². The third-order valence-electron chi connectivity index (χ3n) is 3.87. The number of ether oxygens (including phenoxy) is 1. The lowest BCUT2D eigenvalue weighted by Crippen LogP contribution is -2.50. The van der Waals surface area contributed by atoms with Crippen LogP contribution in [0.3, 0.4) is 0 Å². The molecule has 0 aromatic carbocycles. The average molecular weight is 281 g/mol. The van der Waals surface area contributed by atoms with Crippen LogP contribution >= 0.6 is 0 Å². The van der Waals surface area contributed by atoms with E-state index in [2.05, 4.69) is 4.99 Å². The van der Waals surface area contributed by atoms with E-state index in [1.54, 1.807) is 13.8 Å². The van der Waals surface area contributed by atoms with Crippen LogP contribution in [0.2, 0.25) is 0 Å². The Bertz CT molecular complexity index is 439. The van der Waals surface area contributed by atoms with Crippen molar-refractivity contribution in [2.75, 3.05) is 7.11 Å². The zero-order chi connectivity index (χ0) is 15.5. The zero-order valence-electron chi connectivity index (χ0n) is 12.8. The van der Waals surface area contributed by atoms with Crippen molar-refractivity contribution in [3.63, 3.8) is 0 Å². The van der Waals surface area contributed by atoms with Gasteiger partial charge in [-0.2, -0.15) is 0 Å². The number of rotatable bonds is 4. The topological polar surface area (TPSA) is 72.8 Å². The number of nitrogens with zero attached hydrogens (tertiary/aromatic N) is 1. The Morgan fingerprint density at radius 1 is 1.50 bits per heavy atom. The Morgan fingerprint density at radius 3 is 2.60 bits per heavy atom. The second kappa shape index (κ2) is 6.29. The van der Waals surface area contributed by atoms with Gasteiger partial charge in [-0.25, -0.2) is 0 Å². The molecule has 0 aromatic rings. The van der Waals surface area contributed by atoms with Gasteiger partial charge in [-0.1, -0.05) is 20.8 Å². The third kappa shape index (κ3) is 3.32. The molecule has 0 N–H and O–H groups in total. The molecule has 1 unspecified atom stereocenters. The fourth-order valence-electron chi connectivity index (χ4n) is 2.43. The van der Waals surface area contributed by atoms with Crippen molar-refractivity contribution in [3.05, 3.63) is 0 Å². The molecule has 0 aliphatic heterocycles. The van der Waals surface area contributed by atoms with Gasteiger partial charge in [0.25, 0.3) is 0 Å². The monoisotopic (exact) mass is 281 g/mol. The lowest BCUT2D eigenvalue weighted by Gasteiger charge is -2.37. The number of Topliss-reactive ketones (excluding diaryl/α,β-unsaturated/α-hetero) is 2. The highest BCUT2D eigenvalue weighted by Gasteiger charge is 2.51. The van der Waals surface area contributed by atoms with E-state index in [0.29, 0.717) is 0 Å². The van der Waals surface area contributed by atoms with Gasteiger partial charge in [0.1, 0.15) is 17.6 Å². The minimum absolute atomic E-state index is 0.0575. The third-order valence-corrected chi connectivity index (χ3v) is 3.87. The van der Waals surface area contributed by atoms with Gasteiger partial charge in [-0.05, 0) is 18.8 Å². The highest BCUT2D eigenvalue weighted by Crippen LogP contribution is 2.39. The van der Waals surface area contributed by atoms with Gasteiger partial charge in [-0.3, -0.25) is 19.4 Å². The van der Waals surface area contributed by atoms with E-state index in [-0.39, 0.29) is 18.2 Å². The summed E-state index contributed by atoms with van der Waals surface area (Å²) >= 11 is 0. The van der Waals surface area contributed by atoms with Crippen LogP contribution in [0.5, 0.6) is 0 Å². The minimum atomic E-state index is -0.916. The number of methoxy groups -OCH3 is 1. The van der Waals surface area contributed by atoms with E-state index < -0.39 is 29.0 Å². The van der Waals surface area contributed by atoms with Gasteiger partial charge in [0.05, 0.1) is 7.11 Å². The van der Waals surface area contributed by atoms with E-state index in [1.165, 1.54) is 13.3 Å². The van der Waals surface area contributed by atoms with Crippen molar-refractivity contribution in [2.24, 2.45) is 22.2 Å². The lowest BCUT2D eigenvalue weighted by molar-refractivity contribution is -0.159. The number of hydrogen-bond donors (Lipinski definition) is 0. The maximum atomic E-state index is 12.4. The molecule has 0 saturated heterocycles. The van der Waals surface area contributed by atoms with E-state index in [0.717, 1.165) is 6.42 Å². The SMILES string of the molecule is CC[C@@H](C)N=CC1C(=O)CC(C)(C)[C@@H](C(=O)OC)C1=O. The van der Waals surface area contributed by atoms with Gasteiger partial charge in [-0.15, -0.1) is 0 Å². The molecule has 5 nitrogen and oxygen atoms in total.